The van der Waals surface area contributed by atoms with Crippen LogP contribution in [0.5, 0.6) is 5.88 Å². The number of hydrogen-bond acceptors (Lipinski definition) is 6. The Morgan fingerprint density at radius 2 is 2.13 bits per heavy atom. The van der Waals surface area contributed by atoms with Crippen molar-refractivity contribution in [1.82, 2.24) is 30.5 Å². The molecule has 0 aromatic carbocycles. The van der Waals surface area contributed by atoms with Crippen LogP contribution < -0.4 is 4.74 Å². The molecule has 0 aliphatic heterocycles. The molecule has 0 amide bonds. The van der Waals surface area contributed by atoms with Crippen molar-refractivity contribution in [3.8, 4) is 5.88 Å². The monoisotopic (exact) mass is 330 g/mol. The third-order valence-corrected chi connectivity index (χ3v) is 3.02. The highest BCUT2D eigenvalue weighted by atomic mass is 19.4. The Labute approximate surface area is 130 Å². The molecule has 7 nitrogen and oxygen atoms in total. The van der Waals surface area contributed by atoms with E-state index in [-0.39, 0.29) is 11.8 Å². The Bertz CT molecular complexity index is 587. The molecule has 0 aliphatic carbocycles. The molecular weight excluding hydrogens is 313 g/mol. The molecule has 126 valence electrons. The van der Waals surface area contributed by atoms with E-state index in [1.807, 2.05) is 18.9 Å². The van der Waals surface area contributed by atoms with Gasteiger partial charge in [-0.3, -0.25) is 0 Å². The second-order valence-corrected chi connectivity index (χ2v) is 5.28. The van der Waals surface area contributed by atoms with Gasteiger partial charge >= 0.3 is 6.18 Å². The standard InChI is InChI=1S/C13H17F3N6O/c1-9(12-18-20-21-19-12)6-22(2)7-10-3-4-11(17-5-10)23-8-13(14,15)16/h3-5,9H,6-8H2,1-2H3,(H,18,19,20,21). The van der Waals surface area contributed by atoms with Crippen molar-refractivity contribution >= 4 is 0 Å². The molecular formula is C13H17F3N6O. The van der Waals surface area contributed by atoms with Crippen LogP contribution in [0.4, 0.5) is 13.2 Å². The van der Waals surface area contributed by atoms with Gasteiger partial charge in [0.05, 0.1) is 0 Å². The van der Waals surface area contributed by atoms with Gasteiger partial charge in [-0.1, -0.05) is 18.2 Å². The maximum atomic E-state index is 12.1. The zero-order valence-corrected chi connectivity index (χ0v) is 12.7. The zero-order valence-electron chi connectivity index (χ0n) is 12.7. The van der Waals surface area contributed by atoms with Crippen molar-refractivity contribution in [2.75, 3.05) is 20.2 Å². The third-order valence-electron chi connectivity index (χ3n) is 3.02. The zero-order chi connectivity index (χ0) is 16.9. The van der Waals surface area contributed by atoms with Crippen LogP contribution >= 0.6 is 0 Å². The first-order chi connectivity index (χ1) is 10.8. The van der Waals surface area contributed by atoms with E-state index in [9.17, 15) is 13.2 Å². The Morgan fingerprint density at radius 3 is 2.70 bits per heavy atom. The van der Waals surface area contributed by atoms with Crippen LogP contribution in [0.1, 0.15) is 24.2 Å². The molecule has 10 heteroatoms. The highest BCUT2D eigenvalue weighted by Crippen LogP contribution is 2.17. The Morgan fingerprint density at radius 1 is 1.35 bits per heavy atom. The van der Waals surface area contributed by atoms with E-state index in [0.29, 0.717) is 18.9 Å². The fourth-order valence-electron chi connectivity index (χ4n) is 2.05. The summed E-state index contributed by atoms with van der Waals surface area (Å²) in [6.45, 7) is 1.93. The molecule has 0 saturated heterocycles. The van der Waals surface area contributed by atoms with Gasteiger partial charge in [0, 0.05) is 31.3 Å². The van der Waals surface area contributed by atoms with Crippen LogP contribution in [0, 0.1) is 0 Å². The number of aromatic amines is 1. The molecule has 2 aromatic heterocycles. The van der Waals surface area contributed by atoms with Crippen LogP contribution in [0.2, 0.25) is 0 Å². The van der Waals surface area contributed by atoms with E-state index in [1.165, 1.54) is 12.3 Å². The normalized spacial score (nSPS) is 13.3. The van der Waals surface area contributed by atoms with Gasteiger partial charge in [-0.25, -0.2) is 4.98 Å². The number of nitrogens with one attached hydrogen (secondary N) is 1. The average molecular weight is 330 g/mol. The van der Waals surface area contributed by atoms with Crippen molar-refractivity contribution in [2.45, 2.75) is 25.6 Å². The lowest BCUT2D eigenvalue weighted by molar-refractivity contribution is -0.154. The number of H-pyrrole nitrogens is 1. The number of likely N-dealkylation sites (N-methyl/N-ethyl adjacent to an activating group) is 1. The number of aromatic nitrogens is 5. The van der Waals surface area contributed by atoms with Gasteiger partial charge in [-0.05, 0) is 12.6 Å². The summed E-state index contributed by atoms with van der Waals surface area (Å²) < 4.78 is 40.7. The summed E-state index contributed by atoms with van der Waals surface area (Å²) in [5, 5.41) is 13.8. The quantitative estimate of drug-likeness (QED) is 0.833. The van der Waals surface area contributed by atoms with Crippen molar-refractivity contribution in [1.29, 1.82) is 0 Å². The van der Waals surface area contributed by atoms with Gasteiger partial charge in [0.2, 0.25) is 5.88 Å². The Kier molecular flexibility index (Phi) is 5.48. The Hall–Kier alpha value is -2.23. The van der Waals surface area contributed by atoms with Gasteiger partial charge in [0.1, 0.15) is 0 Å². The molecule has 2 rings (SSSR count). The van der Waals surface area contributed by atoms with Crippen LogP contribution in [-0.4, -0.2) is 56.9 Å². The molecule has 0 bridgehead atoms. The second-order valence-electron chi connectivity index (χ2n) is 5.28. The largest absolute Gasteiger partial charge is 0.468 e. The predicted molar refractivity (Wildman–Crippen MR) is 74.7 cm³/mol. The van der Waals surface area contributed by atoms with Crippen molar-refractivity contribution in [3.05, 3.63) is 29.7 Å². The fourth-order valence-corrected chi connectivity index (χ4v) is 2.05. The molecule has 2 aromatic rings. The third kappa shape index (κ3) is 5.81. The summed E-state index contributed by atoms with van der Waals surface area (Å²) in [4.78, 5) is 5.91. The van der Waals surface area contributed by atoms with Crippen LogP contribution in [0.15, 0.2) is 18.3 Å². The topological polar surface area (TPSA) is 79.8 Å². The van der Waals surface area contributed by atoms with E-state index < -0.39 is 12.8 Å². The molecule has 0 spiro atoms. The molecule has 23 heavy (non-hydrogen) atoms. The lowest BCUT2D eigenvalue weighted by Crippen LogP contribution is -2.24. The summed E-state index contributed by atoms with van der Waals surface area (Å²) in [6, 6.07) is 3.12. The Balaban J connectivity index is 1.83. The second kappa shape index (κ2) is 7.36. The molecule has 0 aliphatic rings. The van der Waals surface area contributed by atoms with E-state index in [4.69, 9.17) is 0 Å². The van der Waals surface area contributed by atoms with Gasteiger partial charge in [-0.15, -0.1) is 10.2 Å². The number of pyridine rings is 1. The first-order valence-corrected chi connectivity index (χ1v) is 6.90. The number of ether oxygens (including phenoxy) is 1. The molecule has 0 fully saturated rings. The highest BCUT2D eigenvalue weighted by molar-refractivity contribution is 5.17. The van der Waals surface area contributed by atoms with E-state index in [2.05, 4.69) is 30.3 Å². The average Bonchev–Trinajstić information content (AvgIpc) is 3.00. The van der Waals surface area contributed by atoms with Gasteiger partial charge in [0.25, 0.3) is 0 Å². The van der Waals surface area contributed by atoms with Crippen LogP contribution in [0.25, 0.3) is 0 Å². The molecule has 0 radical (unpaired) electrons. The van der Waals surface area contributed by atoms with Crippen molar-refractivity contribution in [3.63, 3.8) is 0 Å². The van der Waals surface area contributed by atoms with Crippen molar-refractivity contribution < 1.29 is 17.9 Å². The number of tetrazole rings is 1. The fraction of sp³-hybridized carbons (Fsp3) is 0.538. The van der Waals surface area contributed by atoms with Gasteiger partial charge < -0.3 is 9.64 Å². The van der Waals surface area contributed by atoms with Crippen molar-refractivity contribution in [2.24, 2.45) is 0 Å². The SMILES string of the molecule is CC(CN(C)Cc1ccc(OCC(F)(F)F)nc1)c1nn[nH]n1. The maximum absolute atomic E-state index is 12.1. The smallest absolute Gasteiger partial charge is 0.422 e. The van der Waals surface area contributed by atoms with Crippen LogP contribution in [-0.2, 0) is 6.54 Å². The van der Waals surface area contributed by atoms with E-state index in [0.717, 1.165) is 5.56 Å². The minimum Gasteiger partial charge on any atom is -0.468 e. The van der Waals surface area contributed by atoms with Gasteiger partial charge in [-0.2, -0.15) is 18.4 Å². The minimum atomic E-state index is -4.37. The number of nitrogens with zero attached hydrogens (tertiary/aromatic N) is 5. The van der Waals surface area contributed by atoms with E-state index >= 15 is 0 Å². The summed E-state index contributed by atoms with van der Waals surface area (Å²) in [5.41, 5.74) is 0.868. The minimum absolute atomic E-state index is 0.0473. The maximum Gasteiger partial charge on any atom is 0.422 e. The molecule has 1 N–H and O–H groups in total. The number of halogens is 3. The van der Waals surface area contributed by atoms with Crippen LogP contribution in [0.3, 0.4) is 0 Å². The highest BCUT2D eigenvalue weighted by Gasteiger charge is 2.28. The number of hydrogen-bond donors (Lipinski definition) is 1. The molecule has 1 unspecified atom stereocenters. The molecule has 0 saturated carbocycles. The first-order valence-electron chi connectivity index (χ1n) is 6.90. The lowest BCUT2D eigenvalue weighted by Gasteiger charge is -2.19. The summed E-state index contributed by atoms with van der Waals surface area (Å²) in [6.07, 6.45) is -2.87. The number of alkyl halides is 3. The number of rotatable bonds is 7. The molecule has 2 heterocycles. The predicted octanol–water partition coefficient (Wildman–Crippen LogP) is 1.77. The lowest BCUT2D eigenvalue weighted by atomic mass is 10.1. The summed E-state index contributed by atoms with van der Waals surface area (Å²) in [5.74, 6) is 0.681. The summed E-state index contributed by atoms with van der Waals surface area (Å²) in [7, 11) is 1.92. The first kappa shape index (κ1) is 17.1. The van der Waals surface area contributed by atoms with Gasteiger partial charge in [0.15, 0.2) is 12.4 Å². The molecule has 1 atom stereocenters. The van der Waals surface area contributed by atoms with E-state index in [1.54, 1.807) is 6.07 Å². The summed E-state index contributed by atoms with van der Waals surface area (Å²) >= 11 is 0.